The molecule has 0 unspecified atom stereocenters. The summed E-state index contributed by atoms with van der Waals surface area (Å²) in [5.41, 5.74) is 6.67. The van der Waals surface area contributed by atoms with Gasteiger partial charge < -0.3 is 11.1 Å². The van der Waals surface area contributed by atoms with Crippen molar-refractivity contribution in [3.8, 4) is 0 Å². The molecular formula is C11H14N6. The van der Waals surface area contributed by atoms with E-state index in [1.54, 1.807) is 16.9 Å². The van der Waals surface area contributed by atoms with E-state index in [0.29, 0.717) is 11.7 Å². The second kappa shape index (κ2) is 3.73. The molecular weight excluding hydrogens is 216 g/mol. The molecule has 0 amide bonds. The van der Waals surface area contributed by atoms with Crippen molar-refractivity contribution in [1.29, 1.82) is 0 Å². The normalized spacial score (nSPS) is 14.9. The average Bonchev–Trinajstić information content (AvgIpc) is 3.03. The Morgan fingerprint density at radius 2 is 2.24 bits per heavy atom. The number of anilines is 3. The molecule has 1 aliphatic rings. The van der Waals surface area contributed by atoms with Crippen molar-refractivity contribution in [3.63, 3.8) is 0 Å². The van der Waals surface area contributed by atoms with E-state index >= 15 is 0 Å². The van der Waals surface area contributed by atoms with Gasteiger partial charge in [0, 0.05) is 25.2 Å². The van der Waals surface area contributed by atoms with Crippen LogP contribution in [-0.2, 0) is 7.05 Å². The summed E-state index contributed by atoms with van der Waals surface area (Å²) >= 11 is 0. The number of nitrogens with zero attached hydrogens (tertiary/aromatic N) is 4. The number of hydrogen-bond donors (Lipinski definition) is 2. The Kier molecular flexibility index (Phi) is 2.21. The molecule has 2 aromatic rings. The molecule has 88 valence electrons. The maximum absolute atomic E-state index is 5.77. The van der Waals surface area contributed by atoms with Crippen LogP contribution >= 0.6 is 0 Å². The van der Waals surface area contributed by atoms with Crippen molar-refractivity contribution in [1.82, 2.24) is 19.7 Å². The van der Waals surface area contributed by atoms with E-state index in [4.69, 9.17) is 5.73 Å². The maximum Gasteiger partial charge on any atom is 0.136 e. The van der Waals surface area contributed by atoms with Crippen molar-refractivity contribution in [2.45, 2.75) is 18.8 Å². The highest BCUT2D eigenvalue weighted by Gasteiger charge is 2.27. The van der Waals surface area contributed by atoms with Crippen molar-refractivity contribution < 1.29 is 0 Å². The van der Waals surface area contributed by atoms with Gasteiger partial charge >= 0.3 is 0 Å². The van der Waals surface area contributed by atoms with E-state index < -0.39 is 0 Å². The lowest BCUT2D eigenvalue weighted by molar-refractivity contribution is 0.768. The molecule has 6 heteroatoms. The molecule has 1 fully saturated rings. The third-order valence-corrected chi connectivity index (χ3v) is 2.68. The quantitative estimate of drug-likeness (QED) is 0.833. The maximum atomic E-state index is 5.77. The fourth-order valence-electron chi connectivity index (χ4n) is 1.71. The Labute approximate surface area is 98.9 Å². The molecule has 0 spiro atoms. The van der Waals surface area contributed by atoms with Crippen LogP contribution in [0.5, 0.6) is 0 Å². The van der Waals surface area contributed by atoms with Crippen molar-refractivity contribution in [2.75, 3.05) is 11.1 Å². The first kappa shape index (κ1) is 10.1. The fourth-order valence-corrected chi connectivity index (χ4v) is 1.71. The van der Waals surface area contributed by atoms with Gasteiger partial charge in [0.25, 0.3) is 0 Å². The smallest absolute Gasteiger partial charge is 0.136 e. The van der Waals surface area contributed by atoms with Gasteiger partial charge in [0.2, 0.25) is 0 Å². The molecule has 0 radical (unpaired) electrons. The molecule has 1 saturated carbocycles. The zero-order valence-corrected chi connectivity index (χ0v) is 9.59. The van der Waals surface area contributed by atoms with Crippen molar-refractivity contribution in [2.24, 2.45) is 7.05 Å². The molecule has 3 rings (SSSR count). The van der Waals surface area contributed by atoms with E-state index in [0.717, 1.165) is 30.2 Å². The van der Waals surface area contributed by atoms with Gasteiger partial charge in [-0.1, -0.05) is 0 Å². The number of nitrogen functional groups attached to an aromatic ring is 1. The highest BCUT2D eigenvalue weighted by Crippen LogP contribution is 2.38. The fraction of sp³-hybridized carbons (Fsp3) is 0.364. The summed E-state index contributed by atoms with van der Waals surface area (Å²) < 4.78 is 1.73. The predicted molar refractivity (Wildman–Crippen MR) is 64.9 cm³/mol. The first-order valence-electron chi connectivity index (χ1n) is 5.61. The zero-order chi connectivity index (χ0) is 11.8. The lowest BCUT2D eigenvalue weighted by Gasteiger charge is -2.05. The van der Waals surface area contributed by atoms with Gasteiger partial charge in [0.1, 0.15) is 17.5 Å². The van der Waals surface area contributed by atoms with Crippen molar-refractivity contribution >= 4 is 17.3 Å². The van der Waals surface area contributed by atoms with E-state index in [2.05, 4.69) is 20.4 Å². The predicted octanol–water partition coefficient (Wildman–Crippen LogP) is 1.41. The Morgan fingerprint density at radius 3 is 2.88 bits per heavy atom. The number of rotatable bonds is 3. The molecule has 1 aliphatic carbocycles. The molecule has 0 bridgehead atoms. The van der Waals surface area contributed by atoms with E-state index in [9.17, 15) is 0 Å². The van der Waals surface area contributed by atoms with Gasteiger partial charge in [-0.15, -0.1) is 0 Å². The minimum atomic E-state index is 0.493. The van der Waals surface area contributed by atoms with Gasteiger partial charge in [0.15, 0.2) is 0 Å². The molecule has 2 heterocycles. The summed E-state index contributed by atoms with van der Waals surface area (Å²) in [6.45, 7) is 0. The second-order valence-corrected chi connectivity index (χ2v) is 4.34. The van der Waals surface area contributed by atoms with Crippen molar-refractivity contribution in [3.05, 3.63) is 24.3 Å². The summed E-state index contributed by atoms with van der Waals surface area (Å²) in [5.74, 6) is 2.57. The van der Waals surface area contributed by atoms with Crippen LogP contribution in [0.3, 0.4) is 0 Å². The van der Waals surface area contributed by atoms with Crippen LogP contribution in [-0.4, -0.2) is 19.7 Å². The minimum Gasteiger partial charge on any atom is -0.384 e. The Morgan fingerprint density at radius 1 is 1.41 bits per heavy atom. The number of aromatic nitrogens is 4. The number of nitrogens with two attached hydrogens (primary N) is 1. The number of aryl methyl sites for hydroxylation is 1. The van der Waals surface area contributed by atoms with Crippen LogP contribution in [0.1, 0.15) is 24.6 Å². The summed E-state index contributed by atoms with van der Waals surface area (Å²) in [7, 11) is 1.87. The number of hydrogen-bond acceptors (Lipinski definition) is 5. The molecule has 0 aliphatic heterocycles. The zero-order valence-electron chi connectivity index (χ0n) is 9.59. The van der Waals surface area contributed by atoms with Gasteiger partial charge in [-0.05, 0) is 12.8 Å². The summed E-state index contributed by atoms with van der Waals surface area (Å²) in [4.78, 5) is 8.71. The topological polar surface area (TPSA) is 81.7 Å². The minimum absolute atomic E-state index is 0.493. The lowest BCUT2D eigenvalue weighted by atomic mass is 10.3. The van der Waals surface area contributed by atoms with Crippen LogP contribution in [0.2, 0.25) is 0 Å². The van der Waals surface area contributed by atoms with Crippen LogP contribution < -0.4 is 11.1 Å². The third-order valence-electron chi connectivity index (χ3n) is 2.68. The second-order valence-electron chi connectivity index (χ2n) is 4.34. The highest BCUT2D eigenvalue weighted by molar-refractivity contribution is 5.57. The van der Waals surface area contributed by atoms with Crippen LogP contribution in [0.4, 0.5) is 17.3 Å². The summed E-state index contributed by atoms with van der Waals surface area (Å²) in [6, 6.07) is 1.74. The van der Waals surface area contributed by atoms with Gasteiger partial charge in [0.05, 0.1) is 11.9 Å². The molecule has 3 N–H and O–H groups in total. The van der Waals surface area contributed by atoms with Crippen LogP contribution in [0, 0.1) is 0 Å². The van der Waals surface area contributed by atoms with E-state index in [-0.39, 0.29) is 0 Å². The molecule has 17 heavy (non-hydrogen) atoms. The lowest BCUT2D eigenvalue weighted by Crippen LogP contribution is -2.02. The SMILES string of the molecule is Cn1cc(Nc2cc(N)nc(C3CC3)n2)cn1. The standard InChI is InChI=1S/C11H14N6/c1-17-6-8(5-13-17)14-10-4-9(12)15-11(16-10)7-2-3-7/h4-7H,2-3H2,1H3,(H3,12,14,15,16). The monoisotopic (exact) mass is 230 g/mol. The van der Waals surface area contributed by atoms with E-state index in [1.165, 1.54) is 0 Å². The third kappa shape index (κ3) is 2.20. The Balaban J connectivity index is 1.86. The molecule has 2 aromatic heterocycles. The average molecular weight is 230 g/mol. The Bertz CT molecular complexity index is 543. The summed E-state index contributed by atoms with van der Waals surface area (Å²) in [6.07, 6.45) is 5.95. The van der Waals surface area contributed by atoms with Gasteiger partial charge in [-0.3, -0.25) is 4.68 Å². The first-order valence-corrected chi connectivity index (χ1v) is 5.61. The van der Waals surface area contributed by atoms with Gasteiger partial charge in [-0.2, -0.15) is 5.10 Å². The first-order chi connectivity index (χ1) is 8.20. The molecule has 0 aromatic carbocycles. The van der Waals surface area contributed by atoms with Crippen LogP contribution in [0.15, 0.2) is 18.5 Å². The molecule has 0 saturated heterocycles. The molecule has 0 atom stereocenters. The van der Waals surface area contributed by atoms with Gasteiger partial charge in [-0.25, -0.2) is 9.97 Å². The van der Waals surface area contributed by atoms with Crippen LogP contribution in [0.25, 0.3) is 0 Å². The largest absolute Gasteiger partial charge is 0.384 e. The van der Waals surface area contributed by atoms with E-state index in [1.807, 2.05) is 13.2 Å². The number of nitrogens with one attached hydrogen (secondary N) is 1. The Hall–Kier alpha value is -2.11. The summed E-state index contributed by atoms with van der Waals surface area (Å²) in [5, 5.41) is 7.26. The molecule has 6 nitrogen and oxygen atoms in total. The highest BCUT2D eigenvalue weighted by atomic mass is 15.3.